The van der Waals surface area contributed by atoms with Crippen LogP contribution in [0.25, 0.3) is 0 Å². The van der Waals surface area contributed by atoms with E-state index in [9.17, 15) is 12.8 Å². The first-order valence-corrected chi connectivity index (χ1v) is 6.90. The van der Waals surface area contributed by atoms with E-state index in [2.05, 4.69) is 4.72 Å². The molecule has 0 spiro atoms. The standard InChI is InChI=1S/C12H18FNO2S/c1-9(12(2,3)4)14-17(15,16)11-8-6-5-7-10(11)13/h5-9,14H,1-4H3. The Hall–Kier alpha value is -0.940. The van der Waals surface area contributed by atoms with Crippen LogP contribution in [-0.4, -0.2) is 14.5 Å². The van der Waals surface area contributed by atoms with Gasteiger partial charge in [0, 0.05) is 6.04 Å². The molecule has 1 unspecified atom stereocenters. The zero-order chi connectivity index (χ0) is 13.3. The molecule has 0 amide bonds. The first-order valence-electron chi connectivity index (χ1n) is 5.41. The van der Waals surface area contributed by atoms with Gasteiger partial charge in [0.25, 0.3) is 0 Å². The van der Waals surface area contributed by atoms with Crippen LogP contribution in [0.1, 0.15) is 27.7 Å². The van der Waals surface area contributed by atoms with E-state index in [0.717, 1.165) is 6.07 Å². The van der Waals surface area contributed by atoms with Crippen LogP contribution in [0.15, 0.2) is 29.2 Å². The minimum Gasteiger partial charge on any atom is -0.208 e. The highest BCUT2D eigenvalue weighted by molar-refractivity contribution is 7.89. The Morgan fingerprint density at radius 2 is 1.76 bits per heavy atom. The molecule has 0 aliphatic rings. The molecular weight excluding hydrogens is 241 g/mol. The molecule has 0 heterocycles. The number of sulfonamides is 1. The van der Waals surface area contributed by atoms with Gasteiger partial charge in [0.05, 0.1) is 0 Å². The predicted octanol–water partition coefficient (Wildman–Crippen LogP) is 2.54. The maximum absolute atomic E-state index is 13.4. The minimum atomic E-state index is -3.80. The zero-order valence-electron chi connectivity index (χ0n) is 10.5. The van der Waals surface area contributed by atoms with Gasteiger partial charge >= 0.3 is 0 Å². The third-order valence-electron chi connectivity index (χ3n) is 2.76. The Morgan fingerprint density at radius 1 is 1.24 bits per heavy atom. The van der Waals surface area contributed by atoms with Gasteiger partial charge in [-0.15, -0.1) is 0 Å². The zero-order valence-corrected chi connectivity index (χ0v) is 11.3. The molecule has 1 N–H and O–H groups in total. The lowest BCUT2D eigenvalue weighted by Crippen LogP contribution is -2.41. The highest BCUT2D eigenvalue weighted by Gasteiger charge is 2.27. The molecule has 1 aromatic carbocycles. The SMILES string of the molecule is CC(NS(=O)(=O)c1ccccc1F)C(C)(C)C. The van der Waals surface area contributed by atoms with Gasteiger partial charge in [0.2, 0.25) is 10.0 Å². The van der Waals surface area contributed by atoms with E-state index in [1.807, 2.05) is 20.8 Å². The molecule has 1 aromatic rings. The summed E-state index contributed by atoms with van der Waals surface area (Å²) in [6.07, 6.45) is 0. The fraction of sp³-hybridized carbons (Fsp3) is 0.500. The molecular formula is C12H18FNO2S. The van der Waals surface area contributed by atoms with Crippen molar-refractivity contribution in [3.63, 3.8) is 0 Å². The van der Waals surface area contributed by atoms with Gasteiger partial charge in [-0.05, 0) is 24.5 Å². The Balaban J connectivity index is 3.03. The lowest BCUT2D eigenvalue weighted by Gasteiger charge is -2.27. The van der Waals surface area contributed by atoms with Crippen molar-refractivity contribution < 1.29 is 12.8 Å². The molecule has 1 atom stereocenters. The number of halogens is 1. The second-order valence-corrected chi connectivity index (χ2v) is 6.82. The second kappa shape index (κ2) is 4.74. The number of hydrogen-bond acceptors (Lipinski definition) is 2. The Labute approximate surface area is 102 Å². The summed E-state index contributed by atoms with van der Waals surface area (Å²) in [6.45, 7) is 7.52. The number of hydrogen-bond donors (Lipinski definition) is 1. The molecule has 0 aliphatic heterocycles. The van der Waals surface area contributed by atoms with Crippen molar-refractivity contribution in [2.45, 2.75) is 38.6 Å². The average Bonchev–Trinajstić information content (AvgIpc) is 2.15. The third kappa shape index (κ3) is 3.51. The summed E-state index contributed by atoms with van der Waals surface area (Å²) >= 11 is 0. The summed E-state index contributed by atoms with van der Waals surface area (Å²) in [5.41, 5.74) is -0.224. The molecule has 0 radical (unpaired) electrons. The van der Waals surface area contributed by atoms with Gasteiger partial charge in [-0.2, -0.15) is 0 Å². The average molecular weight is 259 g/mol. The topological polar surface area (TPSA) is 46.2 Å². The summed E-state index contributed by atoms with van der Waals surface area (Å²) < 4.78 is 39.8. The van der Waals surface area contributed by atoms with Gasteiger partial charge in [0.15, 0.2) is 0 Å². The van der Waals surface area contributed by atoms with Gasteiger partial charge < -0.3 is 0 Å². The highest BCUT2D eigenvalue weighted by Crippen LogP contribution is 2.21. The van der Waals surface area contributed by atoms with Crippen LogP contribution >= 0.6 is 0 Å². The van der Waals surface area contributed by atoms with E-state index in [1.165, 1.54) is 18.2 Å². The molecule has 0 saturated carbocycles. The lowest BCUT2D eigenvalue weighted by atomic mass is 9.89. The van der Waals surface area contributed by atoms with Crippen molar-refractivity contribution in [1.82, 2.24) is 4.72 Å². The maximum Gasteiger partial charge on any atom is 0.243 e. The first-order chi connectivity index (χ1) is 7.64. The fourth-order valence-corrected chi connectivity index (χ4v) is 2.66. The fourth-order valence-electron chi connectivity index (χ4n) is 1.14. The van der Waals surface area contributed by atoms with Crippen LogP contribution in [0.4, 0.5) is 4.39 Å². The monoisotopic (exact) mass is 259 g/mol. The van der Waals surface area contributed by atoms with E-state index in [0.29, 0.717) is 0 Å². The molecule has 0 aromatic heterocycles. The molecule has 0 aliphatic carbocycles. The molecule has 0 saturated heterocycles. The predicted molar refractivity (Wildman–Crippen MR) is 65.6 cm³/mol. The Bertz CT molecular complexity index is 491. The van der Waals surface area contributed by atoms with Crippen molar-refractivity contribution in [3.05, 3.63) is 30.1 Å². The van der Waals surface area contributed by atoms with Crippen LogP contribution < -0.4 is 4.72 Å². The van der Waals surface area contributed by atoms with E-state index in [1.54, 1.807) is 6.92 Å². The third-order valence-corrected chi connectivity index (χ3v) is 4.33. The van der Waals surface area contributed by atoms with Crippen LogP contribution in [0.2, 0.25) is 0 Å². The smallest absolute Gasteiger partial charge is 0.208 e. The first kappa shape index (κ1) is 14.1. The normalized spacial score (nSPS) is 14.6. The molecule has 0 bridgehead atoms. The largest absolute Gasteiger partial charge is 0.243 e. The second-order valence-electron chi connectivity index (χ2n) is 5.14. The number of benzene rings is 1. The van der Waals surface area contributed by atoms with Crippen molar-refractivity contribution in [3.8, 4) is 0 Å². The molecule has 17 heavy (non-hydrogen) atoms. The van der Waals surface area contributed by atoms with Gasteiger partial charge in [-0.1, -0.05) is 32.9 Å². The highest BCUT2D eigenvalue weighted by atomic mass is 32.2. The Kier molecular flexibility index (Phi) is 3.94. The van der Waals surface area contributed by atoms with Crippen LogP contribution in [0.3, 0.4) is 0 Å². The summed E-state index contributed by atoms with van der Waals surface area (Å²) in [5, 5.41) is 0. The number of nitrogens with one attached hydrogen (secondary N) is 1. The maximum atomic E-state index is 13.4. The van der Waals surface area contributed by atoms with Crippen molar-refractivity contribution in [2.75, 3.05) is 0 Å². The van der Waals surface area contributed by atoms with E-state index in [-0.39, 0.29) is 16.4 Å². The molecule has 96 valence electrons. The Morgan fingerprint density at radius 3 is 2.24 bits per heavy atom. The van der Waals surface area contributed by atoms with Gasteiger partial charge in [0.1, 0.15) is 10.7 Å². The summed E-state index contributed by atoms with van der Waals surface area (Å²) in [4.78, 5) is -0.309. The number of rotatable bonds is 3. The quantitative estimate of drug-likeness (QED) is 0.906. The molecule has 5 heteroatoms. The molecule has 3 nitrogen and oxygen atoms in total. The summed E-state index contributed by atoms with van der Waals surface area (Å²) in [6, 6.07) is 5.07. The van der Waals surface area contributed by atoms with Crippen LogP contribution in [0, 0.1) is 11.2 Å². The minimum absolute atomic E-state index is 0.224. The van der Waals surface area contributed by atoms with Gasteiger partial charge in [-0.25, -0.2) is 17.5 Å². The van der Waals surface area contributed by atoms with Crippen molar-refractivity contribution in [2.24, 2.45) is 5.41 Å². The van der Waals surface area contributed by atoms with Crippen LogP contribution in [0.5, 0.6) is 0 Å². The van der Waals surface area contributed by atoms with E-state index in [4.69, 9.17) is 0 Å². The summed E-state index contributed by atoms with van der Waals surface area (Å²) in [5.74, 6) is -0.735. The van der Waals surface area contributed by atoms with E-state index < -0.39 is 15.8 Å². The summed E-state index contributed by atoms with van der Waals surface area (Å²) in [7, 11) is -3.80. The van der Waals surface area contributed by atoms with Gasteiger partial charge in [-0.3, -0.25) is 0 Å². The molecule has 0 fully saturated rings. The lowest BCUT2D eigenvalue weighted by molar-refractivity contribution is 0.317. The molecule has 1 rings (SSSR count). The van der Waals surface area contributed by atoms with Crippen LogP contribution in [-0.2, 0) is 10.0 Å². The van der Waals surface area contributed by atoms with Crippen molar-refractivity contribution >= 4 is 10.0 Å². The van der Waals surface area contributed by atoms with Crippen molar-refractivity contribution in [1.29, 1.82) is 0 Å². The van der Waals surface area contributed by atoms with E-state index >= 15 is 0 Å².